The first kappa shape index (κ1) is 21.0. The van der Waals surface area contributed by atoms with Gasteiger partial charge in [-0.25, -0.2) is 8.42 Å². The molecule has 136 valence electrons. The molecular formula is C19H25NO4S. The van der Waals surface area contributed by atoms with Gasteiger partial charge in [-0.3, -0.25) is 9.59 Å². The van der Waals surface area contributed by atoms with Crippen LogP contribution in [0.5, 0.6) is 0 Å². The minimum Gasteiger partial charge on any atom is -0.295 e. The maximum absolute atomic E-state index is 12.8. The monoisotopic (exact) mass is 363 g/mol. The number of hydrogen-bond donors (Lipinski definition) is 0. The Morgan fingerprint density at radius 3 is 2.12 bits per heavy atom. The molecule has 0 bridgehead atoms. The van der Waals surface area contributed by atoms with Crippen LogP contribution in [-0.4, -0.2) is 37.4 Å². The highest BCUT2D eigenvalue weighted by atomic mass is 32.2. The van der Waals surface area contributed by atoms with Crippen LogP contribution in [0, 0.1) is 6.92 Å². The highest BCUT2D eigenvalue weighted by molar-refractivity contribution is 7.89. The molecule has 0 amide bonds. The molecule has 0 saturated heterocycles. The fourth-order valence-electron chi connectivity index (χ4n) is 2.14. The van der Waals surface area contributed by atoms with Gasteiger partial charge in [-0.1, -0.05) is 29.8 Å². The smallest absolute Gasteiger partial charge is 0.243 e. The van der Waals surface area contributed by atoms with E-state index < -0.39 is 10.0 Å². The number of rotatable bonds is 10. The number of sulfonamides is 1. The molecule has 0 aliphatic rings. The molecule has 25 heavy (non-hydrogen) atoms. The van der Waals surface area contributed by atoms with E-state index in [-0.39, 0.29) is 23.0 Å². The summed E-state index contributed by atoms with van der Waals surface area (Å²) in [5, 5.41) is 0. The summed E-state index contributed by atoms with van der Waals surface area (Å²) in [5.74, 6) is -0.161. The summed E-state index contributed by atoms with van der Waals surface area (Å²) in [5.41, 5.74) is 0.983. The molecule has 0 fully saturated rings. The topological polar surface area (TPSA) is 71.5 Å². The van der Waals surface area contributed by atoms with Gasteiger partial charge >= 0.3 is 0 Å². The maximum atomic E-state index is 12.8. The van der Waals surface area contributed by atoms with Crippen molar-refractivity contribution in [2.75, 3.05) is 13.1 Å². The summed E-state index contributed by atoms with van der Waals surface area (Å²) < 4.78 is 27.0. The lowest BCUT2D eigenvalue weighted by atomic mass is 10.2. The van der Waals surface area contributed by atoms with Gasteiger partial charge in [-0.2, -0.15) is 4.31 Å². The largest absolute Gasteiger partial charge is 0.295 e. The molecule has 0 radical (unpaired) electrons. The standard InChI is InChI=1S/C19H25NO4S/c1-16-10-12-19(13-11-16)25(23,24)20(15-7-9-18(3)22)14-6-4-5-8-17(2)21/h5,7-13H,4,6,14-15H2,1-3H3/b8-5+,9-7+. The number of allylic oxidation sites excluding steroid dienone is 3. The molecule has 0 aliphatic carbocycles. The SMILES string of the molecule is CC(=O)/C=C/CCCN(C/C=C/C(C)=O)S(=O)(=O)c1ccc(C)cc1. The Morgan fingerprint density at radius 1 is 1.00 bits per heavy atom. The summed E-state index contributed by atoms with van der Waals surface area (Å²) in [6, 6.07) is 6.68. The van der Waals surface area contributed by atoms with Gasteiger partial charge in [-0.05, 0) is 57.9 Å². The third-order valence-electron chi connectivity index (χ3n) is 3.45. The first-order valence-electron chi connectivity index (χ1n) is 8.14. The van der Waals surface area contributed by atoms with Crippen molar-refractivity contribution >= 4 is 21.6 Å². The minimum atomic E-state index is -3.64. The van der Waals surface area contributed by atoms with Crippen LogP contribution in [0.25, 0.3) is 0 Å². The molecule has 0 aromatic heterocycles. The van der Waals surface area contributed by atoms with E-state index in [9.17, 15) is 18.0 Å². The molecule has 1 rings (SSSR count). The Kier molecular flexibility index (Phi) is 8.45. The van der Waals surface area contributed by atoms with E-state index in [1.165, 1.54) is 30.3 Å². The van der Waals surface area contributed by atoms with Gasteiger partial charge in [0.05, 0.1) is 4.90 Å². The molecule has 0 heterocycles. The molecule has 0 N–H and O–H groups in total. The lowest BCUT2D eigenvalue weighted by Crippen LogP contribution is -2.32. The van der Waals surface area contributed by atoms with Gasteiger partial charge in [0.25, 0.3) is 0 Å². The zero-order valence-corrected chi connectivity index (χ0v) is 15.8. The van der Waals surface area contributed by atoms with Crippen molar-refractivity contribution in [1.82, 2.24) is 4.31 Å². The van der Waals surface area contributed by atoms with Crippen molar-refractivity contribution in [2.45, 2.75) is 38.5 Å². The van der Waals surface area contributed by atoms with E-state index in [0.29, 0.717) is 19.4 Å². The first-order chi connectivity index (χ1) is 11.7. The predicted molar refractivity (Wildman–Crippen MR) is 98.8 cm³/mol. The van der Waals surface area contributed by atoms with Crippen LogP contribution >= 0.6 is 0 Å². The zero-order chi connectivity index (χ0) is 18.9. The van der Waals surface area contributed by atoms with E-state index in [1.54, 1.807) is 36.4 Å². The van der Waals surface area contributed by atoms with Crippen LogP contribution in [0.3, 0.4) is 0 Å². The molecule has 0 atom stereocenters. The van der Waals surface area contributed by atoms with Gasteiger partial charge in [0.1, 0.15) is 0 Å². The molecule has 0 spiro atoms. The summed E-state index contributed by atoms with van der Waals surface area (Å²) in [6.45, 7) is 5.22. The minimum absolute atomic E-state index is 0.0338. The van der Waals surface area contributed by atoms with Crippen molar-refractivity contribution in [2.24, 2.45) is 0 Å². The third kappa shape index (κ3) is 7.58. The van der Waals surface area contributed by atoms with Crippen LogP contribution in [0.2, 0.25) is 0 Å². The van der Waals surface area contributed by atoms with Crippen molar-refractivity contribution in [1.29, 1.82) is 0 Å². The van der Waals surface area contributed by atoms with Crippen LogP contribution in [0.1, 0.15) is 32.3 Å². The van der Waals surface area contributed by atoms with Gasteiger partial charge in [-0.15, -0.1) is 0 Å². The second kappa shape index (κ2) is 10.1. The molecule has 1 aromatic rings. The predicted octanol–water partition coefficient (Wildman–Crippen LogP) is 3.06. The number of ketones is 2. The Bertz CT molecular complexity index is 746. The quantitative estimate of drug-likeness (QED) is 0.473. The van der Waals surface area contributed by atoms with E-state index >= 15 is 0 Å². The summed E-state index contributed by atoms with van der Waals surface area (Å²) in [7, 11) is -3.64. The van der Waals surface area contributed by atoms with E-state index in [4.69, 9.17) is 0 Å². The normalized spacial score (nSPS) is 12.3. The highest BCUT2D eigenvalue weighted by Crippen LogP contribution is 2.17. The molecule has 6 heteroatoms. The van der Waals surface area contributed by atoms with Crippen molar-refractivity contribution in [3.8, 4) is 0 Å². The Morgan fingerprint density at radius 2 is 1.56 bits per heavy atom. The Labute approximate surface area is 150 Å². The van der Waals surface area contributed by atoms with Crippen molar-refractivity contribution in [3.63, 3.8) is 0 Å². The summed E-state index contributed by atoms with van der Waals surface area (Å²) >= 11 is 0. The lowest BCUT2D eigenvalue weighted by molar-refractivity contribution is -0.113. The third-order valence-corrected chi connectivity index (χ3v) is 5.33. The van der Waals surface area contributed by atoms with E-state index in [1.807, 2.05) is 6.92 Å². The molecular weight excluding hydrogens is 338 g/mol. The number of aryl methyl sites for hydroxylation is 1. The van der Waals surface area contributed by atoms with Gasteiger partial charge in [0, 0.05) is 13.1 Å². The maximum Gasteiger partial charge on any atom is 0.243 e. The number of hydrogen-bond acceptors (Lipinski definition) is 4. The van der Waals surface area contributed by atoms with Crippen LogP contribution in [0.4, 0.5) is 0 Å². The Balaban J connectivity index is 2.89. The average molecular weight is 363 g/mol. The molecule has 5 nitrogen and oxygen atoms in total. The molecule has 0 saturated carbocycles. The number of nitrogens with zero attached hydrogens (tertiary/aromatic N) is 1. The zero-order valence-electron chi connectivity index (χ0n) is 14.9. The van der Waals surface area contributed by atoms with Gasteiger partial charge < -0.3 is 0 Å². The van der Waals surface area contributed by atoms with Crippen LogP contribution in [0.15, 0.2) is 53.5 Å². The number of benzene rings is 1. The second-order valence-corrected chi connectivity index (χ2v) is 7.78. The average Bonchev–Trinajstić information content (AvgIpc) is 2.52. The lowest BCUT2D eigenvalue weighted by Gasteiger charge is -2.20. The molecule has 0 aliphatic heterocycles. The first-order valence-corrected chi connectivity index (χ1v) is 9.58. The van der Waals surface area contributed by atoms with Gasteiger partial charge in [0.2, 0.25) is 10.0 Å². The Hall–Kier alpha value is -2.05. The number of unbranched alkanes of at least 4 members (excludes halogenated alkanes) is 1. The van der Waals surface area contributed by atoms with Gasteiger partial charge in [0.15, 0.2) is 11.6 Å². The van der Waals surface area contributed by atoms with Crippen LogP contribution < -0.4 is 0 Å². The summed E-state index contributed by atoms with van der Waals surface area (Å²) in [4.78, 5) is 22.2. The van der Waals surface area contributed by atoms with Crippen LogP contribution in [-0.2, 0) is 19.6 Å². The number of carbonyl (C=O) groups excluding carboxylic acids is 2. The molecule has 1 aromatic carbocycles. The van der Waals surface area contributed by atoms with E-state index in [2.05, 4.69) is 0 Å². The van der Waals surface area contributed by atoms with Crippen molar-refractivity contribution < 1.29 is 18.0 Å². The van der Waals surface area contributed by atoms with E-state index in [0.717, 1.165) is 5.56 Å². The second-order valence-electron chi connectivity index (χ2n) is 5.84. The molecule has 0 unspecified atom stereocenters. The number of carbonyl (C=O) groups is 2. The fraction of sp³-hybridized carbons (Fsp3) is 0.368. The summed E-state index contributed by atoms with van der Waals surface area (Å²) in [6.07, 6.45) is 7.34. The highest BCUT2D eigenvalue weighted by Gasteiger charge is 2.22. The fourth-order valence-corrected chi connectivity index (χ4v) is 3.57. The van der Waals surface area contributed by atoms with Crippen molar-refractivity contribution in [3.05, 3.63) is 54.1 Å².